The summed E-state index contributed by atoms with van der Waals surface area (Å²) in [5, 5.41) is 13.7. The van der Waals surface area contributed by atoms with Gasteiger partial charge in [-0.15, -0.1) is 0 Å². The van der Waals surface area contributed by atoms with E-state index < -0.39 is 0 Å². The highest BCUT2D eigenvalue weighted by Gasteiger charge is 2.19. The maximum Gasteiger partial charge on any atom is 0.254 e. The van der Waals surface area contributed by atoms with Crippen LogP contribution in [-0.2, 0) is 11.3 Å². The lowest BCUT2D eigenvalue weighted by atomic mass is 10.1. The molecule has 2 N–H and O–H groups in total. The van der Waals surface area contributed by atoms with Crippen LogP contribution >= 0.6 is 0 Å². The van der Waals surface area contributed by atoms with Crippen LogP contribution in [0.15, 0.2) is 59.7 Å². The van der Waals surface area contributed by atoms with Crippen molar-refractivity contribution in [3.05, 3.63) is 65.7 Å². The van der Waals surface area contributed by atoms with Gasteiger partial charge in [0.1, 0.15) is 5.75 Å². The summed E-state index contributed by atoms with van der Waals surface area (Å²) in [6.45, 7) is 6.97. The monoisotopic (exact) mass is 380 g/mol. The first-order chi connectivity index (χ1) is 13.6. The van der Waals surface area contributed by atoms with Gasteiger partial charge in [0, 0.05) is 32.7 Å². The number of benzene rings is 2. The van der Waals surface area contributed by atoms with Crippen molar-refractivity contribution in [2.24, 2.45) is 5.10 Å². The van der Waals surface area contributed by atoms with Crippen LogP contribution in [0.5, 0.6) is 5.75 Å². The standard InChI is InChI=1S/C22H28N4O2/c1-2-21(19-8-10-20(27)11-9-19)23-24-22(28)17-26-14-12-25(13-15-26)16-18-6-4-3-5-7-18/h3-11,27H,2,12-17H2,1H3,(H,24,28)/b23-21+. The van der Waals surface area contributed by atoms with Gasteiger partial charge >= 0.3 is 0 Å². The van der Waals surface area contributed by atoms with E-state index in [4.69, 9.17) is 0 Å². The van der Waals surface area contributed by atoms with Crippen molar-refractivity contribution in [2.75, 3.05) is 32.7 Å². The summed E-state index contributed by atoms with van der Waals surface area (Å²) in [7, 11) is 0. The molecule has 1 heterocycles. The molecule has 3 rings (SSSR count). The van der Waals surface area contributed by atoms with E-state index in [1.54, 1.807) is 24.3 Å². The molecule has 0 aliphatic carbocycles. The number of nitrogens with one attached hydrogen (secondary N) is 1. The zero-order valence-electron chi connectivity index (χ0n) is 16.3. The lowest BCUT2D eigenvalue weighted by Gasteiger charge is -2.34. The molecule has 6 nitrogen and oxygen atoms in total. The largest absolute Gasteiger partial charge is 0.508 e. The first-order valence-electron chi connectivity index (χ1n) is 9.77. The second-order valence-electron chi connectivity index (χ2n) is 7.03. The Balaban J connectivity index is 1.44. The summed E-state index contributed by atoms with van der Waals surface area (Å²) >= 11 is 0. The van der Waals surface area contributed by atoms with Crippen molar-refractivity contribution in [1.82, 2.24) is 15.2 Å². The molecule has 28 heavy (non-hydrogen) atoms. The quantitative estimate of drug-likeness (QED) is 0.572. The Kier molecular flexibility index (Phi) is 7.17. The normalized spacial score (nSPS) is 16.1. The maximum absolute atomic E-state index is 12.3. The van der Waals surface area contributed by atoms with E-state index in [2.05, 4.69) is 44.6 Å². The zero-order valence-corrected chi connectivity index (χ0v) is 16.3. The number of phenols is 1. The minimum atomic E-state index is -0.0961. The predicted molar refractivity (Wildman–Crippen MR) is 111 cm³/mol. The lowest BCUT2D eigenvalue weighted by Crippen LogP contribution is -2.48. The number of phenolic OH excluding ortho intramolecular Hbond substituents is 1. The number of rotatable bonds is 7. The molecule has 0 bridgehead atoms. The van der Waals surface area contributed by atoms with Gasteiger partial charge in [0.2, 0.25) is 0 Å². The van der Waals surface area contributed by atoms with Gasteiger partial charge in [-0.2, -0.15) is 5.10 Å². The van der Waals surface area contributed by atoms with Crippen molar-refractivity contribution in [1.29, 1.82) is 0 Å². The van der Waals surface area contributed by atoms with Crippen LogP contribution in [0.1, 0.15) is 24.5 Å². The minimum Gasteiger partial charge on any atom is -0.508 e. The number of hydrogen-bond acceptors (Lipinski definition) is 5. The van der Waals surface area contributed by atoms with Gasteiger partial charge in [-0.1, -0.05) is 37.3 Å². The first-order valence-corrected chi connectivity index (χ1v) is 9.77. The molecule has 6 heteroatoms. The van der Waals surface area contributed by atoms with E-state index >= 15 is 0 Å². The van der Waals surface area contributed by atoms with Gasteiger partial charge < -0.3 is 5.11 Å². The van der Waals surface area contributed by atoms with E-state index in [0.29, 0.717) is 13.0 Å². The van der Waals surface area contributed by atoms with Crippen molar-refractivity contribution in [3.8, 4) is 5.75 Å². The molecule has 1 amide bonds. The van der Waals surface area contributed by atoms with E-state index in [1.807, 2.05) is 13.0 Å². The Morgan fingerprint density at radius 1 is 1.00 bits per heavy atom. The zero-order chi connectivity index (χ0) is 19.8. The van der Waals surface area contributed by atoms with Gasteiger partial charge in [-0.05, 0) is 41.8 Å². The molecular weight excluding hydrogens is 352 g/mol. The third-order valence-electron chi connectivity index (χ3n) is 4.93. The summed E-state index contributed by atoms with van der Waals surface area (Å²) in [5.74, 6) is 0.121. The van der Waals surface area contributed by atoms with Crippen molar-refractivity contribution >= 4 is 11.6 Å². The van der Waals surface area contributed by atoms with Crippen LogP contribution in [0, 0.1) is 0 Å². The number of hydrazone groups is 1. The topological polar surface area (TPSA) is 68.2 Å². The Morgan fingerprint density at radius 3 is 2.29 bits per heavy atom. The van der Waals surface area contributed by atoms with Crippen LogP contribution in [0.2, 0.25) is 0 Å². The average molecular weight is 380 g/mol. The molecule has 2 aromatic carbocycles. The third-order valence-corrected chi connectivity index (χ3v) is 4.93. The molecule has 1 fully saturated rings. The number of nitrogens with zero attached hydrogens (tertiary/aromatic N) is 3. The number of hydrogen-bond donors (Lipinski definition) is 2. The van der Waals surface area contributed by atoms with Crippen LogP contribution in [-0.4, -0.2) is 59.2 Å². The molecule has 1 aliphatic rings. The highest BCUT2D eigenvalue weighted by Crippen LogP contribution is 2.12. The van der Waals surface area contributed by atoms with E-state index in [0.717, 1.165) is 44.0 Å². The summed E-state index contributed by atoms with van der Waals surface area (Å²) in [5.41, 5.74) is 5.69. The first kappa shape index (κ1) is 20.0. The number of amides is 1. The smallest absolute Gasteiger partial charge is 0.254 e. The number of aromatic hydroxyl groups is 1. The summed E-state index contributed by atoms with van der Waals surface area (Å²) in [6, 6.07) is 17.3. The number of carbonyl (C=O) groups is 1. The molecule has 0 saturated carbocycles. The average Bonchev–Trinajstić information content (AvgIpc) is 2.72. The molecule has 0 unspecified atom stereocenters. The third kappa shape index (κ3) is 5.90. The second-order valence-corrected chi connectivity index (χ2v) is 7.03. The Labute approximate surface area is 166 Å². The van der Waals surface area contributed by atoms with E-state index in [1.165, 1.54) is 5.56 Å². The van der Waals surface area contributed by atoms with Crippen molar-refractivity contribution in [3.63, 3.8) is 0 Å². The van der Waals surface area contributed by atoms with Gasteiger partial charge in [0.25, 0.3) is 5.91 Å². The molecule has 1 saturated heterocycles. The molecule has 0 spiro atoms. The second kappa shape index (κ2) is 10.0. The summed E-state index contributed by atoms with van der Waals surface area (Å²) in [4.78, 5) is 16.9. The maximum atomic E-state index is 12.3. The van der Waals surface area contributed by atoms with Gasteiger partial charge in [-0.25, -0.2) is 5.43 Å². The Bertz CT molecular complexity index is 782. The molecule has 0 atom stereocenters. The molecule has 2 aromatic rings. The van der Waals surface area contributed by atoms with Crippen LogP contribution in [0.3, 0.4) is 0 Å². The van der Waals surface area contributed by atoms with Gasteiger partial charge in [0.05, 0.1) is 12.3 Å². The number of carbonyl (C=O) groups excluding carboxylic acids is 1. The van der Waals surface area contributed by atoms with Crippen LogP contribution in [0.4, 0.5) is 0 Å². The SMILES string of the molecule is CC/C(=N\NC(=O)CN1CCN(Cc2ccccc2)CC1)c1ccc(O)cc1. The van der Waals surface area contributed by atoms with E-state index in [-0.39, 0.29) is 11.7 Å². The highest BCUT2D eigenvalue weighted by atomic mass is 16.3. The molecule has 0 aromatic heterocycles. The number of piperazine rings is 1. The fourth-order valence-corrected chi connectivity index (χ4v) is 3.32. The molecule has 148 valence electrons. The lowest BCUT2D eigenvalue weighted by molar-refractivity contribution is -0.122. The fourth-order valence-electron chi connectivity index (χ4n) is 3.32. The summed E-state index contributed by atoms with van der Waals surface area (Å²) in [6.07, 6.45) is 0.698. The van der Waals surface area contributed by atoms with Crippen molar-refractivity contribution in [2.45, 2.75) is 19.9 Å². The van der Waals surface area contributed by atoms with Gasteiger partial charge in [0.15, 0.2) is 0 Å². The molecule has 0 radical (unpaired) electrons. The van der Waals surface area contributed by atoms with E-state index in [9.17, 15) is 9.90 Å². The predicted octanol–water partition coefficient (Wildman–Crippen LogP) is 2.44. The molecule has 1 aliphatic heterocycles. The molecular formula is C22H28N4O2. The van der Waals surface area contributed by atoms with Crippen molar-refractivity contribution < 1.29 is 9.90 Å². The Hall–Kier alpha value is -2.70. The van der Waals surface area contributed by atoms with Gasteiger partial charge in [-0.3, -0.25) is 14.6 Å². The minimum absolute atomic E-state index is 0.0961. The Morgan fingerprint density at radius 2 is 1.64 bits per heavy atom. The van der Waals surface area contributed by atoms with Crippen LogP contribution in [0.25, 0.3) is 0 Å². The highest BCUT2D eigenvalue weighted by molar-refractivity contribution is 6.01. The summed E-state index contributed by atoms with van der Waals surface area (Å²) < 4.78 is 0. The van der Waals surface area contributed by atoms with Crippen LogP contribution < -0.4 is 5.43 Å². The fraction of sp³-hybridized carbons (Fsp3) is 0.364.